The highest BCUT2D eigenvalue weighted by Crippen LogP contribution is 2.31. The van der Waals surface area contributed by atoms with Crippen LogP contribution in [0.3, 0.4) is 0 Å². The Labute approximate surface area is 157 Å². The number of furan rings is 1. The first-order valence-electron chi connectivity index (χ1n) is 8.78. The van der Waals surface area contributed by atoms with Gasteiger partial charge in [-0.25, -0.2) is 8.42 Å². The molecule has 1 amide bonds. The number of nitrogens with one attached hydrogen (secondary N) is 1. The fourth-order valence-electron chi connectivity index (χ4n) is 3.41. The Morgan fingerprint density at radius 3 is 2.56 bits per heavy atom. The summed E-state index contributed by atoms with van der Waals surface area (Å²) in [5, 5.41) is 2.98. The molecule has 3 aromatic rings. The maximum Gasteiger partial charge on any atom is 0.287 e. The van der Waals surface area contributed by atoms with Crippen LogP contribution >= 0.6 is 0 Å². The number of rotatable bonds is 5. The van der Waals surface area contributed by atoms with Crippen LogP contribution in [0.25, 0.3) is 0 Å². The Kier molecular flexibility index (Phi) is 4.58. The average Bonchev–Trinajstić information content (AvgIpc) is 3.30. The molecule has 1 aliphatic carbocycles. The molecule has 0 saturated heterocycles. The van der Waals surface area contributed by atoms with E-state index in [9.17, 15) is 13.2 Å². The maximum absolute atomic E-state index is 12.5. The highest BCUT2D eigenvalue weighted by molar-refractivity contribution is 7.90. The molecule has 2 aromatic carbocycles. The first kappa shape index (κ1) is 17.5. The van der Waals surface area contributed by atoms with E-state index >= 15 is 0 Å². The number of fused-ring (bicyclic) bond motifs is 1. The van der Waals surface area contributed by atoms with Gasteiger partial charge in [-0.2, -0.15) is 0 Å². The van der Waals surface area contributed by atoms with E-state index in [2.05, 4.69) is 11.4 Å². The van der Waals surface area contributed by atoms with Crippen molar-refractivity contribution in [1.82, 2.24) is 5.32 Å². The van der Waals surface area contributed by atoms with Crippen molar-refractivity contribution in [3.8, 4) is 0 Å². The first-order valence-corrected chi connectivity index (χ1v) is 10.4. The van der Waals surface area contributed by atoms with Crippen molar-refractivity contribution in [3.05, 3.63) is 89.4 Å². The lowest BCUT2D eigenvalue weighted by atomic mass is 10.1. The van der Waals surface area contributed by atoms with E-state index in [1.54, 1.807) is 30.3 Å². The third-order valence-corrected chi connectivity index (χ3v) is 6.41. The lowest BCUT2D eigenvalue weighted by molar-refractivity contribution is 0.0907. The van der Waals surface area contributed by atoms with E-state index < -0.39 is 9.84 Å². The summed E-state index contributed by atoms with van der Waals surface area (Å²) in [5.41, 5.74) is 2.38. The normalized spacial score (nSPS) is 16.1. The zero-order valence-electron chi connectivity index (χ0n) is 14.6. The molecular weight excluding hydrogens is 362 g/mol. The SMILES string of the molecule is O=C(N[C@@H]1CCc2ccccc21)c1ccc(CS(=O)(=O)c2ccccc2)o1. The minimum atomic E-state index is -3.51. The van der Waals surface area contributed by atoms with Crippen molar-refractivity contribution in [2.75, 3.05) is 0 Å². The van der Waals surface area contributed by atoms with Gasteiger partial charge in [0.1, 0.15) is 11.5 Å². The number of aryl methyl sites for hydroxylation is 1. The average molecular weight is 381 g/mol. The van der Waals surface area contributed by atoms with Gasteiger partial charge in [0.25, 0.3) is 5.91 Å². The quantitative estimate of drug-likeness (QED) is 0.732. The fourth-order valence-corrected chi connectivity index (χ4v) is 4.68. The standard InChI is InChI=1S/C21H19NO4S/c23-21(22-19-12-10-15-6-4-5-9-18(15)19)20-13-11-16(26-20)14-27(24,25)17-7-2-1-3-8-17/h1-9,11,13,19H,10,12,14H2,(H,22,23)/t19-/m1/s1. The van der Waals surface area contributed by atoms with Crippen LogP contribution in [-0.4, -0.2) is 14.3 Å². The minimum Gasteiger partial charge on any atom is -0.455 e. The molecule has 0 bridgehead atoms. The first-order chi connectivity index (χ1) is 13.0. The molecule has 0 saturated carbocycles. The highest BCUT2D eigenvalue weighted by Gasteiger charge is 2.25. The van der Waals surface area contributed by atoms with Crippen LogP contribution in [0.4, 0.5) is 0 Å². The smallest absolute Gasteiger partial charge is 0.287 e. The molecule has 0 unspecified atom stereocenters. The van der Waals surface area contributed by atoms with Crippen molar-refractivity contribution in [2.24, 2.45) is 0 Å². The van der Waals surface area contributed by atoms with E-state index in [1.807, 2.05) is 18.2 Å². The fraction of sp³-hybridized carbons (Fsp3) is 0.190. The number of sulfone groups is 1. The number of hydrogen-bond donors (Lipinski definition) is 1. The molecule has 1 heterocycles. The second-order valence-electron chi connectivity index (χ2n) is 6.60. The van der Waals surface area contributed by atoms with Crippen molar-refractivity contribution in [2.45, 2.75) is 29.5 Å². The van der Waals surface area contributed by atoms with Gasteiger partial charge in [-0.1, -0.05) is 42.5 Å². The number of amides is 1. The molecule has 138 valence electrons. The van der Waals surface area contributed by atoms with Gasteiger partial charge in [0.05, 0.1) is 10.9 Å². The number of benzene rings is 2. The summed E-state index contributed by atoms with van der Waals surface area (Å²) >= 11 is 0. The van der Waals surface area contributed by atoms with Crippen molar-refractivity contribution >= 4 is 15.7 Å². The molecule has 1 N–H and O–H groups in total. The molecule has 4 rings (SSSR count). The summed E-state index contributed by atoms with van der Waals surface area (Å²) < 4.78 is 30.4. The Morgan fingerprint density at radius 1 is 1.00 bits per heavy atom. The van der Waals surface area contributed by atoms with Crippen molar-refractivity contribution in [3.63, 3.8) is 0 Å². The Bertz CT molecular complexity index is 1070. The van der Waals surface area contributed by atoms with Gasteiger partial charge in [0, 0.05) is 0 Å². The molecule has 0 aliphatic heterocycles. The number of carbonyl (C=O) groups excluding carboxylic acids is 1. The molecule has 1 aliphatic rings. The zero-order valence-corrected chi connectivity index (χ0v) is 15.4. The molecular formula is C21H19NO4S. The Morgan fingerprint density at radius 2 is 1.74 bits per heavy atom. The summed E-state index contributed by atoms with van der Waals surface area (Å²) in [6, 6.07) is 19.3. The van der Waals surface area contributed by atoms with Crippen LogP contribution in [0.5, 0.6) is 0 Å². The van der Waals surface area contributed by atoms with Gasteiger partial charge in [0.15, 0.2) is 15.6 Å². The maximum atomic E-state index is 12.5. The van der Waals surface area contributed by atoms with Crippen LogP contribution in [0, 0.1) is 0 Å². The lowest BCUT2D eigenvalue weighted by Crippen LogP contribution is -2.26. The number of carbonyl (C=O) groups is 1. The van der Waals surface area contributed by atoms with E-state index in [-0.39, 0.29) is 34.1 Å². The predicted octanol–water partition coefficient (Wildman–Crippen LogP) is 3.67. The van der Waals surface area contributed by atoms with Crippen LogP contribution in [0.2, 0.25) is 0 Å². The van der Waals surface area contributed by atoms with Gasteiger partial charge in [-0.15, -0.1) is 0 Å². The topological polar surface area (TPSA) is 76.4 Å². The summed E-state index contributed by atoms with van der Waals surface area (Å²) in [6.07, 6.45) is 1.78. The van der Waals surface area contributed by atoms with Gasteiger partial charge in [0.2, 0.25) is 0 Å². The third-order valence-electron chi connectivity index (χ3n) is 4.76. The second-order valence-corrected chi connectivity index (χ2v) is 8.59. The molecule has 5 nitrogen and oxygen atoms in total. The minimum absolute atomic E-state index is 0.0460. The number of hydrogen-bond acceptors (Lipinski definition) is 4. The van der Waals surface area contributed by atoms with E-state index in [1.165, 1.54) is 17.7 Å². The van der Waals surface area contributed by atoms with Crippen LogP contribution in [0.1, 0.15) is 39.9 Å². The van der Waals surface area contributed by atoms with Crippen LogP contribution < -0.4 is 5.32 Å². The molecule has 27 heavy (non-hydrogen) atoms. The van der Waals surface area contributed by atoms with Gasteiger partial charge in [-0.3, -0.25) is 4.79 Å². The third kappa shape index (κ3) is 3.66. The van der Waals surface area contributed by atoms with Crippen LogP contribution in [-0.2, 0) is 22.0 Å². The van der Waals surface area contributed by atoms with Gasteiger partial charge >= 0.3 is 0 Å². The highest BCUT2D eigenvalue weighted by atomic mass is 32.2. The van der Waals surface area contributed by atoms with Gasteiger partial charge < -0.3 is 9.73 Å². The summed E-state index contributed by atoms with van der Waals surface area (Å²) in [7, 11) is -3.51. The van der Waals surface area contributed by atoms with E-state index in [4.69, 9.17) is 4.42 Å². The molecule has 1 aromatic heterocycles. The summed E-state index contributed by atoms with van der Waals surface area (Å²) in [6.45, 7) is 0. The monoisotopic (exact) mass is 381 g/mol. The Balaban J connectivity index is 1.46. The lowest BCUT2D eigenvalue weighted by Gasteiger charge is -2.12. The Hall–Kier alpha value is -2.86. The van der Waals surface area contributed by atoms with E-state index in [0.29, 0.717) is 0 Å². The molecule has 0 radical (unpaired) electrons. The largest absolute Gasteiger partial charge is 0.455 e. The predicted molar refractivity (Wildman–Crippen MR) is 101 cm³/mol. The summed E-state index contributed by atoms with van der Waals surface area (Å²) in [4.78, 5) is 12.7. The van der Waals surface area contributed by atoms with E-state index in [0.717, 1.165) is 18.4 Å². The molecule has 6 heteroatoms. The summed E-state index contributed by atoms with van der Waals surface area (Å²) in [5.74, 6) is -0.246. The molecule has 1 atom stereocenters. The molecule has 0 spiro atoms. The van der Waals surface area contributed by atoms with Gasteiger partial charge in [-0.05, 0) is 48.2 Å². The van der Waals surface area contributed by atoms with Crippen molar-refractivity contribution in [1.29, 1.82) is 0 Å². The van der Waals surface area contributed by atoms with Crippen LogP contribution in [0.15, 0.2) is 76.0 Å². The second kappa shape index (κ2) is 7.04. The van der Waals surface area contributed by atoms with Crippen molar-refractivity contribution < 1.29 is 17.6 Å². The zero-order chi connectivity index (χ0) is 18.9. The molecule has 0 fully saturated rings.